The highest BCUT2D eigenvalue weighted by atomic mass is 15.1. The summed E-state index contributed by atoms with van der Waals surface area (Å²) in [6, 6.07) is 8.75. The average molecular weight is 164 g/mol. The van der Waals surface area contributed by atoms with Crippen LogP contribution < -0.4 is 10.6 Å². The van der Waals surface area contributed by atoms with Gasteiger partial charge in [-0.3, -0.25) is 4.90 Å². The molecule has 2 heteroatoms. The van der Waals surface area contributed by atoms with Gasteiger partial charge in [-0.25, -0.2) is 0 Å². The van der Waals surface area contributed by atoms with E-state index >= 15 is 0 Å². The van der Waals surface area contributed by atoms with Crippen LogP contribution in [-0.2, 0) is 6.42 Å². The zero-order valence-corrected chi connectivity index (χ0v) is 7.34. The molecule has 1 heterocycles. The van der Waals surface area contributed by atoms with Gasteiger partial charge >= 0.3 is 0 Å². The Hall–Kier alpha value is -0.860. The van der Waals surface area contributed by atoms with E-state index in [0.29, 0.717) is 0 Å². The average Bonchev–Trinajstić information content (AvgIpc) is 2.50. The van der Waals surface area contributed by atoms with Gasteiger partial charge in [0, 0.05) is 12.0 Å². The molecular formula is C10H16N2+2. The van der Waals surface area contributed by atoms with Gasteiger partial charge in [0.15, 0.2) is 0 Å². The van der Waals surface area contributed by atoms with Crippen LogP contribution in [0.15, 0.2) is 24.3 Å². The third-order valence-electron chi connectivity index (χ3n) is 2.57. The monoisotopic (exact) mass is 164 g/mol. The smallest absolute Gasteiger partial charge is 0.134 e. The van der Waals surface area contributed by atoms with E-state index in [1.807, 2.05) is 0 Å². The molecular weight excluding hydrogens is 148 g/mol. The Morgan fingerprint density at radius 2 is 2.17 bits per heavy atom. The van der Waals surface area contributed by atoms with Crippen molar-refractivity contribution < 1.29 is 10.6 Å². The van der Waals surface area contributed by atoms with Crippen molar-refractivity contribution in [1.82, 2.24) is 0 Å². The molecule has 0 fully saturated rings. The Labute approximate surface area is 73.0 Å². The lowest BCUT2D eigenvalue weighted by Gasteiger charge is -2.09. The minimum Gasteiger partial charge on any atom is -0.353 e. The topological polar surface area (TPSA) is 32.1 Å². The van der Waals surface area contributed by atoms with Gasteiger partial charge in [0.1, 0.15) is 18.8 Å². The Kier molecular flexibility index (Phi) is 2.11. The molecule has 2 nitrogen and oxygen atoms in total. The lowest BCUT2D eigenvalue weighted by atomic mass is 10.2. The number of rotatable bonds is 2. The van der Waals surface area contributed by atoms with Gasteiger partial charge in [0.2, 0.25) is 0 Å². The van der Waals surface area contributed by atoms with Crippen molar-refractivity contribution in [3.05, 3.63) is 29.8 Å². The van der Waals surface area contributed by atoms with Gasteiger partial charge in [-0.05, 0) is 6.07 Å². The molecule has 0 saturated carbocycles. The van der Waals surface area contributed by atoms with Crippen LogP contribution in [0.3, 0.4) is 0 Å². The molecule has 1 atom stereocenters. The summed E-state index contributed by atoms with van der Waals surface area (Å²) in [6.07, 6.45) is 1.24. The van der Waals surface area contributed by atoms with Crippen LogP contribution in [0.25, 0.3) is 0 Å². The minimum absolute atomic E-state index is 1.03. The number of fused-ring (bicyclic) bond motifs is 1. The fourth-order valence-electron chi connectivity index (χ4n) is 1.98. The highest BCUT2D eigenvalue weighted by Crippen LogP contribution is 2.14. The molecule has 12 heavy (non-hydrogen) atoms. The summed E-state index contributed by atoms with van der Waals surface area (Å²) in [5.74, 6) is 0. The summed E-state index contributed by atoms with van der Waals surface area (Å²) < 4.78 is 0. The number of hydrogen-bond acceptors (Lipinski definition) is 0. The van der Waals surface area contributed by atoms with Crippen molar-refractivity contribution in [3.8, 4) is 0 Å². The largest absolute Gasteiger partial charge is 0.353 e. The predicted molar refractivity (Wildman–Crippen MR) is 48.3 cm³/mol. The highest BCUT2D eigenvalue weighted by molar-refractivity contribution is 5.41. The van der Waals surface area contributed by atoms with Crippen molar-refractivity contribution >= 4 is 5.69 Å². The van der Waals surface area contributed by atoms with E-state index in [0.717, 1.165) is 6.54 Å². The second kappa shape index (κ2) is 3.25. The lowest BCUT2D eigenvalue weighted by molar-refractivity contribution is -0.833. The maximum atomic E-state index is 3.90. The Morgan fingerprint density at radius 1 is 1.33 bits per heavy atom. The van der Waals surface area contributed by atoms with Crippen molar-refractivity contribution in [2.45, 2.75) is 6.42 Å². The van der Waals surface area contributed by atoms with E-state index in [4.69, 9.17) is 0 Å². The fourth-order valence-corrected chi connectivity index (χ4v) is 1.98. The van der Waals surface area contributed by atoms with Crippen LogP contribution in [0.4, 0.5) is 5.69 Å². The van der Waals surface area contributed by atoms with Crippen LogP contribution in [-0.4, -0.2) is 19.6 Å². The SMILES string of the molecule is [NH3+]CC[NH+]1CCc2ccccc21. The van der Waals surface area contributed by atoms with Gasteiger partial charge in [-0.15, -0.1) is 0 Å². The molecule has 1 aromatic carbocycles. The number of hydrogen-bond donors (Lipinski definition) is 2. The van der Waals surface area contributed by atoms with Gasteiger partial charge in [-0.1, -0.05) is 18.2 Å². The number of nitrogens with one attached hydrogen (secondary N) is 1. The number of quaternary nitrogens is 2. The first kappa shape index (κ1) is 7.77. The summed E-state index contributed by atoms with van der Waals surface area (Å²) in [4.78, 5) is 1.61. The molecule has 1 aliphatic heterocycles. The summed E-state index contributed by atoms with van der Waals surface area (Å²) in [7, 11) is 0. The Bertz CT molecular complexity index is 268. The van der Waals surface area contributed by atoms with Crippen molar-refractivity contribution in [2.75, 3.05) is 19.6 Å². The Balaban J connectivity index is 2.24. The quantitative estimate of drug-likeness (QED) is 0.562. The molecule has 0 amide bonds. The molecule has 0 saturated heterocycles. The summed E-state index contributed by atoms with van der Waals surface area (Å²) in [5.41, 5.74) is 6.93. The van der Waals surface area contributed by atoms with E-state index in [1.54, 1.807) is 4.90 Å². The molecule has 1 aromatic rings. The predicted octanol–water partition coefficient (Wildman–Crippen LogP) is -0.999. The van der Waals surface area contributed by atoms with Crippen LogP contribution in [0, 0.1) is 0 Å². The molecule has 0 aromatic heterocycles. The van der Waals surface area contributed by atoms with Crippen molar-refractivity contribution in [3.63, 3.8) is 0 Å². The van der Waals surface area contributed by atoms with Gasteiger partial charge < -0.3 is 5.73 Å². The zero-order chi connectivity index (χ0) is 8.39. The zero-order valence-electron chi connectivity index (χ0n) is 7.34. The summed E-state index contributed by atoms with van der Waals surface area (Å²) in [6.45, 7) is 3.47. The van der Waals surface area contributed by atoms with Crippen molar-refractivity contribution in [1.29, 1.82) is 0 Å². The lowest BCUT2D eigenvalue weighted by Crippen LogP contribution is -3.07. The van der Waals surface area contributed by atoms with Gasteiger partial charge in [0.05, 0.1) is 6.54 Å². The molecule has 0 bridgehead atoms. The molecule has 64 valence electrons. The van der Waals surface area contributed by atoms with Crippen LogP contribution in [0.1, 0.15) is 5.56 Å². The summed E-state index contributed by atoms with van der Waals surface area (Å²) in [5, 5.41) is 0. The fraction of sp³-hybridized carbons (Fsp3) is 0.400. The third kappa shape index (κ3) is 1.24. The molecule has 0 radical (unpaired) electrons. The number of benzene rings is 1. The third-order valence-corrected chi connectivity index (χ3v) is 2.57. The van der Waals surface area contributed by atoms with E-state index in [-0.39, 0.29) is 0 Å². The van der Waals surface area contributed by atoms with E-state index < -0.39 is 0 Å². The van der Waals surface area contributed by atoms with Crippen LogP contribution in [0.5, 0.6) is 0 Å². The maximum Gasteiger partial charge on any atom is 0.134 e. The van der Waals surface area contributed by atoms with Gasteiger partial charge in [0.25, 0.3) is 0 Å². The summed E-state index contributed by atoms with van der Waals surface area (Å²) >= 11 is 0. The first-order valence-electron chi connectivity index (χ1n) is 4.64. The normalized spacial score (nSPS) is 20.9. The van der Waals surface area contributed by atoms with Crippen molar-refractivity contribution in [2.24, 2.45) is 0 Å². The molecule has 2 rings (SSSR count). The Morgan fingerprint density at radius 3 is 3.00 bits per heavy atom. The standard InChI is InChI=1S/C10H14N2/c11-6-8-12-7-5-9-3-1-2-4-10(9)12/h1-4H,5-8,11H2/p+2. The van der Waals surface area contributed by atoms with E-state index in [9.17, 15) is 0 Å². The van der Waals surface area contributed by atoms with E-state index in [1.165, 1.54) is 30.8 Å². The minimum atomic E-state index is 1.03. The molecule has 1 unspecified atom stereocenters. The molecule has 1 aliphatic rings. The first-order chi connectivity index (χ1) is 5.92. The highest BCUT2D eigenvalue weighted by Gasteiger charge is 2.22. The number of para-hydroxylation sites is 1. The van der Waals surface area contributed by atoms with E-state index in [2.05, 4.69) is 30.0 Å². The second-order valence-corrected chi connectivity index (χ2v) is 3.36. The maximum absolute atomic E-state index is 3.90. The molecule has 4 N–H and O–H groups in total. The van der Waals surface area contributed by atoms with Crippen LogP contribution >= 0.6 is 0 Å². The van der Waals surface area contributed by atoms with Crippen LogP contribution in [0.2, 0.25) is 0 Å². The molecule has 0 spiro atoms. The molecule has 0 aliphatic carbocycles. The van der Waals surface area contributed by atoms with Gasteiger partial charge in [-0.2, -0.15) is 0 Å². The first-order valence-corrected chi connectivity index (χ1v) is 4.64. The second-order valence-electron chi connectivity index (χ2n) is 3.36.